The lowest BCUT2D eigenvalue weighted by atomic mass is 9.75. The Morgan fingerprint density at radius 3 is 2.67 bits per heavy atom. The molecule has 0 heterocycles. The van der Waals surface area contributed by atoms with Gasteiger partial charge in [0.25, 0.3) is 0 Å². The lowest BCUT2D eigenvalue weighted by molar-refractivity contribution is 0.0636. The van der Waals surface area contributed by atoms with Crippen LogP contribution in [0, 0.1) is 5.41 Å². The highest BCUT2D eigenvalue weighted by atomic mass is 16.6. The van der Waals surface area contributed by atoms with Crippen LogP contribution in [0.5, 0.6) is 0 Å². The van der Waals surface area contributed by atoms with Gasteiger partial charge in [-0.3, -0.25) is 5.32 Å². The minimum Gasteiger partial charge on any atom is -0.444 e. The standard InChI is InChI=1S/C19H31N3O2/c1-18(2,3)24-17(23)22-13-8-9-15(20)16(11-13)21-14-7-6-10-19(4,5)12-14/h8-9,11,14,21H,6-7,10,12,20H2,1-5H3,(H,22,23). The second-order valence-electron chi connectivity index (χ2n) is 8.53. The highest BCUT2D eigenvalue weighted by Gasteiger charge is 2.28. The number of nitrogens with one attached hydrogen (secondary N) is 2. The molecule has 0 aromatic heterocycles. The Bertz CT molecular complexity index is 591. The average Bonchev–Trinajstić information content (AvgIpc) is 2.39. The third-order valence-electron chi connectivity index (χ3n) is 4.26. The maximum absolute atomic E-state index is 11.9. The van der Waals surface area contributed by atoms with Crippen LogP contribution >= 0.6 is 0 Å². The zero-order valence-electron chi connectivity index (χ0n) is 15.5. The number of nitrogen functional groups attached to an aromatic ring is 1. The Morgan fingerprint density at radius 2 is 2.04 bits per heavy atom. The summed E-state index contributed by atoms with van der Waals surface area (Å²) >= 11 is 0. The SMILES string of the molecule is CC1(C)CCCC(Nc2cc(NC(=O)OC(C)(C)C)ccc2N)C1. The van der Waals surface area contributed by atoms with Gasteiger partial charge in [-0.2, -0.15) is 0 Å². The molecule has 5 nitrogen and oxygen atoms in total. The number of carbonyl (C=O) groups excluding carboxylic acids is 1. The molecule has 1 aliphatic carbocycles. The fraction of sp³-hybridized carbons (Fsp3) is 0.632. The van der Waals surface area contributed by atoms with Gasteiger partial charge in [0.15, 0.2) is 0 Å². The molecule has 5 heteroatoms. The summed E-state index contributed by atoms with van der Waals surface area (Å²) in [6.07, 6.45) is 4.29. The number of anilines is 3. The van der Waals surface area contributed by atoms with Gasteiger partial charge in [-0.05, 0) is 63.6 Å². The van der Waals surface area contributed by atoms with Crippen LogP contribution in [0.2, 0.25) is 0 Å². The van der Waals surface area contributed by atoms with Crippen molar-refractivity contribution in [2.75, 3.05) is 16.4 Å². The summed E-state index contributed by atoms with van der Waals surface area (Å²) in [7, 11) is 0. The van der Waals surface area contributed by atoms with E-state index in [2.05, 4.69) is 24.5 Å². The number of benzene rings is 1. The van der Waals surface area contributed by atoms with Gasteiger partial charge in [0.1, 0.15) is 5.60 Å². The third-order valence-corrected chi connectivity index (χ3v) is 4.26. The summed E-state index contributed by atoms with van der Waals surface area (Å²) in [6.45, 7) is 10.1. The summed E-state index contributed by atoms with van der Waals surface area (Å²) in [5.41, 5.74) is 8.17. The largest absolute Gasteiger partial charge is 0.444 e. The Labute approximate surface area is 145 Å². The summed E-state index contributed by atoms with van der Waals surface area (Å²) in [6, 6.07) is 5.88. The maximum atomic E-state index is 11.9. The number of carbonyl (C=O) groups is 1. The Kier molecular flexibility index (Phi) is 5.31. The van der Waals surface area contributed by atoms with Crippen molar-refractivity contribution in [1.82, 2.24) is 0 Å². The first-order valence-corrected chi connectivity index (χ1v) is 8.70. The van der Waals surface area contributed by atoms with E-state index in [-0.39, 0.29) is 0 Å². The molecule has 0 bridgehead atoms. The van der Waals surface area contributed by atoms with Crippen molar-refractivity contribution in [2.24, 2.45) is 5.41 Å². The molecule has 1 unspecified atom stereocenters. The number of nitrogens with two attached hydrogens (primary N) is 1. The number of ether oxygens (including phenoxy) is 1. The van der Waals surface area contributed by atoms with Crippen molar-refractivity contribution < 1.29 is 9.53 Å². The molecule has 0 spiro atoms. The van der Waals surface area contributed by atoms with Crippen molar-refractivity contribution in [3.05, 3.63) is 18.2 Å². The molecule has 24 heavy (non-hydrogen) atoms. The van der Waals surface area contributed by atoms with E-state index in [1.54, 1.807) is 6.07 Å². The fourth-order valence-corrected chi connectivity index (χ4v) is 3.22. The molecule has 134 valence electrons. The minimum absolute atomic E-state index is 0.358. The zero-order valence-corrected chi connectivity index (χ0v) is 15.5. The molecule has 1 aliphatic rings. The van der Waals surface area contributed by atoms with E-state index in [0.29, 0.717) is 22.8 Å². The van der Waals surface area contributed by atoms with Crippen LogP contribution in [0.1, 0.15) is 60.3 Å². The number of rotatable bonds is 3. The molecule has 1 fully saturated rings. The van der Waals surface area contributed by atoms with E-state index >= 15 is 0 Å². The molecule has 1 atom stereocenters. The lowest BCUT2D eigenvalue weighted by Crippen LogP contribution is -2.32. The summed E-state index contributed by atoms with van der Waals surface area (Å²) in [4.78, 5) is 11.9. The molecule has 1 aromatic carbocycles. The average molecular weight is 333 g/mol. The van der Waals surface area contributed by atoms with Crippen LogP contribution in [0.15, 0.2) is 18.2 Å². The van der Waals surface area contributed by atoms with Crippen LogP contribution in [-0.4, -0.2) is 17.7 Å². The molecule has 0 saturated heterocycles. The van der Waals surface area contributed by atoms with Gasteiger partial charge < -0.3 is 15.8 Å². The van der Waals surface area contributed by atoms with Gasteiger partial charge in [-0.1, -0.05) is 20.3 Å². The first kappa shape index (κ1) is 18.4. The van der Waals surface area contributed by atoms with Gasteiger partial charge in [0.2, 0.25) is 0 Å². The molecule has 4 N–H and O–H groups in total. The Morgan fingerprint density at radius 1 is 1.33 bits per heavy atom. The van der Waals surface area contributed by atoms with E-state index in [1.807, 2.05) is 32.9 Å². The van der Waals surface area contributed by atoms with Crippen molar-refractivity contribution in [2.45, 2.75) is 71.9 Å². The Hall–Kier alpha value is -1.91. The van der Waals surface area contributed by atoms with Gasteiger partial charge in [0.05, 0.1) is 11.4 Å². The Balaban J connectivity index is 2.04. The van der Waals surface area contributed by atoms with Crippen molar-refractivity contribution in [1.29, 1.82) is 0 Å². The predicted octanol–water partition coefficient (Wildman–Crippen LogP) is 5.00. The minimum atomic E-state index is -0.521. The summed E-state index contributed by atoms with van der Waals surface area (Å²) in [5.74, 6) is 0. The van der Waals surface area contributed by atoms with Crippen LogP contribution < -0.4 is 16.4 Å². The topological polar surface area (TPSA) is 76.4 Å². The summed E-state index contributed by atoms with van der Waals surface area (Å²) in [5, 5.41) is 6.31. The third kappa shape index (κ3) is 5.62. The molecule has 1 amide bonds. The van der Waals surface area contributed by atoms with E-state index < -0.39 is 11.7 Å². The van der Waals surface area contributed by atoms with E-state index in [9.17, 15) is 4.79 Å². The van der Waals surface area contributed by atoms with Gasteiger partial charge in [-0.15, -0.1) is 0 Å². The molecule has 1 saturated carbocycles. The van der Waals surface area contributed by atoms with Crippen molar-refractivity contribution >= 4 is 23.2 Å². The normalized spacial score (nSPS) is 20.3. The smallest absolute Gasteiger partial charge is 0.412 e. The number of hydrogen-bond donors (Lipinski definition) is 3. The van der Waals surface area contributed by atoms with E-state index in [1.165, 1.54) is 12.8 Å². The van der Waals surface area contributed by atoms with E-state index in [0.717, 1.165) is 18.5 Å². The molecule has 0 radical (unpaired) electrons. The van der Waals surface area contributed by atoms with Crippen LogP contribution in [0.3, 0.4) is 0 Å². The highest BCUT2D eigenvalue weighted by molar-refractivity contribution is 5.87. The number of hydrogen-bond acceptors (Lipinski definition) is 4. The van der Waals surface area contributed by atoms with Crippen LogP contribution in [-0.2, 0) is 4.74 Å². The first-order chi connectivity index (χ1) is 11.0. The maximum Gasteiger partial charge on any atom is 0.412 e. The second-order valence-corrected chi connectivity index (χ2v) is 8.53. The summed E-state index contributed by atoms with van der Waals surface area (Å²) < 4.78 is 5.29. The van der Waals surface area contributed by atoms with Crippen LogP contribution in [0.4, 0.5) is 21.9 Å². The molecular formula is C19H31N3O2. The van der Waals surface area contributed by atoms with Crippen molar-refractivity contribution in [3.63, 3.8) is 0 Å². The molecule has 1 aromatic rings. The molecule has 2 rings (SSSR count). The van der Waals surface area contributed by atoms with Crippen molar-refractivity contribution in [3.8, 4) is 0 Å². The fourth-order valence-electron chi connectivity index (χ4n) is 3.22. The quantitative estimate of drug-likeness (QED) is 0.681. The van der Waals surface area contributed by atoms with E-state index in [4.69, 9.17) is 10.5 Å². The lowest BCUT2D eigenvalue weighted by Gasteiger charge is -2.36. The second kappa shape index (κ2) is 6.91. The van der Waals surface area contributed by atoms with Gasteiger partial charge in [-0.25, -0.2) is 4.79 Å². The molecular weight excluding hydrogens is 302 g/mol. The first-order valence-electron chi connectivity index (χ1n) is 8.70. The predicted molar refractivity (Wildman–Crippen MR) is 100 cm³/mol. The number of amides is 1. The molecule has 0 aliphatic heterocycles. The monoisotopic (exact) mass is 333 g/mol. The highest BCUT2D eigenvalue weighted by Crippen LogP contribution is 2.37. The van der Waals surface area contributed by atoms with Crippen LogP contribution in [0.25, 0.3) is 0 Å². The zero-order chi connectivity index (χ0) is 18.0. The van der Waals surface area contributed by atoms with Gasteiger partial charge in [0, 0.05) is 11.7 Å². The van der Waals surface area contributed by atoms with Gasteiger partial charge >= 0.3 is 6.09 Å².